The standard InChI is InChI=1S/3C18H32O4.C12H25.Sn/c3*1-2-3-4-5-6-7-8-9-10-11-12-13-16-22-18(21)15-14-17(19)20;1-3-5-7-9-11-12-10-8-6-4-2;/h3*14-15H,2-13,16H2,1H3,(H,19,20);1,3-12H2,2H3;/q;;;;+3/p-3/b2*15-14-;;;. The van der Waals surface area contributed by atoms with Crippen LogP contribution in [0.1, 0.15) is 323 Å². The van der Waals surface area contributed by atoms with Gasteiger partial charge in [0, 0.05) is 0 Å². The first-order chi connectivity index (χ1) is 38.6. The van der Waals surface area contributed by atoms with Gasteiger partial charge >= 0.3 is 336 Å². The molecule has 0 aliphatic heterocycles. The summed E-state index contributed by atoms with van der Waals surface area (Å²) in [6.07, 6.45) is 57.8. The molecule has 0 spiro atoms. The smallest absolute Gasteiger partial charge is 0.0654 e. The van der Waals surface area contributed by atoms with Crippen LogP contribution in [0, 0.1) is 0 Å². The predicted molar refractivity (Wildman–Crippen MR) is 324 cm³/mol. The van der Waals surface area contributed by atoms with E-state index in [9.17, 15) is 28.8 Å². The summed E-state index contributed by atoms with van der Waals surface area (Å²) in [6, 6.07) is 0. The second-order valence-corrected chi connectivity index (χ2v) is 29.1. The Morgan fingerprint density at radius 1 is 0.228 bits per heavy atom. The van der Waals surface area contributed by atoms with Crippen molar-refractivity contribution in [2.45, 2.75) is 327 Å². The average Bonchev–Trinajstić information content (AvgIpc) is 3.43. The molecule has 0 aliphatic rings. The Morgan fingerprint density at radius 2 is 0.392 bits per heavy atom. The van der Waals surface area contributed by atoms with E-state index in [0.29, 0.717) is 32.1 Å². The van der Waals surface area contributed by atoms with Crippen LogP contribution in [0.4, 0.5) is 0 Å². The van der Waals surface area contributed by atoms with E-state index in [1.165, 1.54) is 180 Å². The van der Waals surface area contributed by atoms with Crippen LogP contribution in [0.5, 0.6) is 0 Å². The summed E-state index contributed by atoms with van der Waals surface area (Å²) in [5, 5.41) is 0. The minimum atomic E-state index is -5.66. The molecule has 0 saturated heterocycles. The molecule has 79 heavy (non-hydrogen) atoms. The van der Waals surface area contributed by atoms with Crippen LogP contribution in [0.2, 0.25) is 4.44 Å². The summed E-state index contributed by atoms with van der Waals surface area (Å²) in [6.45, 7) is 9.51. The molecule has 458 valence electrons. The number of esters is 3. The molecule has 0 unspecified atom stereocenters. The SMILES string of the molecule is CCCCCCCCCCCCCCOC(=O)C=CC(=O)[O][Sn]([CH2]CCCCCCCCCCC)([O]C(=O)/C=C\C(=O)OCCCCCCCCCCCCCC)[O]C(=O)/C=C\C(=O)OCCCCCCCCCCCCCC. The number of carbonyl (C=O) groups is 6. The van der Waals surface area contributed by atoms with Gasteiger partial charge in [-0.1, -0.05) is 156 Å². The van der Waals surface area contributed by atoms with Crippen molar-refractivity contribution in [2.75, 3.05) is 19.8 Å². The molecule has 0 amide bonds. The number of ether oxygens (including phenoxy) is 3. The third-order valence-electron chi connectivity index (χ3n) is 14.4. The van der Waals surface area contributed by atoms with Crippen molar-refractivity contribution in [1.82, 2.24) is 0 Å². The summed E-state index contributed by atoms with van der Waals surface area (Å²) < 4.78 is 33.5. The van der Waals surface area contributed by atoms with Gasteiger partial charge in [-0.05, 0) is 0 Å². The minimum Gasteiger partial charge on any atom is -0.0654 e. The van der Waals surface area contributed by atoms with Gasteiger partial charge in [-0.3, -0.25) is 0 Å². The van der Waals surface area contributed by atoms with E-state index in [4.69, 9.17) is 23.4 Å². The van der Waals surface area contributed by atoms with Gasteiger partial charge in [0.2, 0.25) is 0 Å². The van der Waals surface area contributed by atoms with Gasteiger partial charge in [-0.15, -0.1) is 0 Å². The minimum absolute atomic E-state index is 0.0554. The van der Waals surface area contributed by atoms with Crippen LogP contribution in [-0.2, 0) is 52.2 Å². The van der Waals surface area contributed by atoms with E-state index in [2.05, 4.69) is 27.7 Å². The molecule has 0 atom stereocenters. The Hall–Kier alpha value is -3.16. The summed E-state index contributed by atoms with van der Waals surface area (Å²) >= 11 is -5.66. The molecule has 0 aromatic heterocycles. The van der Waals surface area contributed by atoms with Gasteiger partial charge in [-0.25, -0.2) is 0 Å². The van der Waals surface area contributed by atoms with Crippen LogP contribution in [0.25, 0.3) is 0 Å². The predicted octanol–water partition coefficient (Wildman–Crippen LogP) is 18.9. The normalized spacial score (nSPS) is 11.7. The first-order valence-electron chi connectivity index (χ1n) is 32.8. The van der Waals surface area contributed by atoms with E-state index in [0.717, 1.165) is 120 Å². The van der Waals surface area contributed by atoms with Gasteiger partial charge in [0.05, 0.1) is 0 Å². The summed E-state index contributed by atoms with van der Waals surface area (Å²) in [4.78, 5) is 78.6. The summed E-state index contributed by atoms with van der Waals surface area (Å²) in [7, 11) is 0. The molecule has 0 N–H and O–H groups in total. The van der Waals surface area contributed by atoms with Crippen molar-refractivity contribution in [3.63, 3.8) is 0 Å². The van der Waals surface area contributed by atoms with Crippen molar-refractivity contribution in [3.8, 4) is 0 Å². The number of carbonyl (C=O) groups excluding carboxylic acids is 6. The molecular weight excluding hydrogens is 1100 g/mol. The van der Waals surface area contributed by atoms with Gasteiger partial charge < -0.3 is 0 Å². The molecular formula is C66H118O12Sn. The van der Waals surface area contributed by atoms with Crippen LogP contribution in [-0.4, -0.2) is 75.3 Å². The van der Waals surface area contributed by atoms with Crippen LogP contribution >= 0.6 is 0 Å². The van der Waals surface area contributed by atoms with E-state index < -0.39 is 55.4 Å². The van der Waals surface area contributed by atoms with Crippen LogP contribution in [0.3, 0.4) is 0 Å². The summed E-state index contributed by atoms with van der Waals surface area (Å²) in [5.74, 6) is -5.37. The molecule has 0 aromatic rings. The van der Waals surface area contributed by atoms with E-state index in [-0.39, 0.29) is 24.3 Å². The van der Waals surface area contributed by atoms with Gasteiger partial charge in [0.15, 0.2) is 0 Å². The molecule has 0 heterocycles. The van der Waals surface area contributed by atoms with E-state index >= 15 is 0 Å². The maximum absolute atomic E-state index is 13.5. The van der Waals surface area contributed by atoms with Crippen molar-refractivity contribution in [1.29, 1.82) is 0 Å². The van der Waals surface area contributed by atoms with Gasteiger partial charge in [-0.2, -0.15) is 0 Å². The quantitative estimate of drug-likeness (QED) is 0.0187. The second-order valence-electron chi connectivity index (χ2n) is 22.0. The molecule has 0 bridgehead atoms. The molecule has 0 aliphatic carbocycles. The fourth-order valence-corrected chi connectivity index (χ4v) is 15.9. The zero-order valence-corrected chi connectivity index (χ0v) is 54.1. The van der Waals surface area contributed by atoms with Gasteiger partial charge in [0.25, 0.3) is 0 Å². The Labute approximate surface area is 488 Å². The monoisotopic (exact) mass is 1220 g/mol. The van der Waals surface area contributed by atoms with Crippen molar-refractivity contribution in [3.05, 3.63) is 36.5 Å². The Kier molecular flexibility index (Phi) is 57.1. The van der Waals surface area contributed by atoms with E-state index in [1.807, 2.05) is 0 Å². The van der Waals surface area contributed by atoms with Crippen molar-refractivity contribution >= 4 is 55.4 Å². The molecule has 0 radical (unpaired) electrons. The zero-order chi connectivity index (χ0) is 57.8. The third-order valence-corrected chi connectivity index (χ3v) is 21.5. The molecule has 12 nitrogen and oxygen atoms in total. The van der Waals surface area contributed by atoms with Crippen molar-refractivity contribution < 1.29 is 52.2 Å². The van der Waals surface area contributed by atoms with Crippen molar-refractivity contribution in [2.24, 2.45) is 0 Å². The zero-order valence-electron chi connectivity index (χ0n) is 51.2. The topological polar surface area (TPSA) is 158 Å². The Morgan fingerprint density at radius 3 is 0.595 bits per heavy atom. The number of unbranched alkanes of at least 4 members (excludes halogenated alkanes) is 42. The first kappa shape index (κ1) is 75.8. The molecule has 0 aromatic carbocycles. The molecule has 13 heteroatoms. The molecule has 0 saturated carbocycles. The number of rotatable bonds is 59. The fraction of sp³-hybridized carbons (Fsp3) is 0.818. The first-order valence-corrected chi connectivity index (χ1v) is 38.4. The number of hydrogen-bond donors (Lipinski definition) is 0. The molecule has 0 fully saturated rings. The van der Waals surface area contributed by atoms with Crippen LogP contribution < -0.4 is 0 Å². The van der Waals surface area contributed by atoms with Gasteiger partial charge in [0.1, 0.15) is 0 Å². The third kappa shape index (κ3) is 55.2. The maximum atomic E-state index is 13.5. The average molecular weight is 1220 g/mol. The number of hydrogen-bond acceptors (Lipinski definition) is 12. The van der Waals surface area contributed by atoms with Crippen LogP contribution in [0.15, 0.2) is 36.5 Å². The fourth-order valence-electron chi connectivity index (χ4n) is 9.51. The molecule has 0 rings (SSSR count). The summed E-state index contributed by atoms with van der Waals surface area (Å²) in [5.41, 5.74) is 0. The Bertz CT molecular complexity index is 1400. The second kappa shape index (κ2) is 59.5. The Balaban J connectivity index is 5.72. The van der Waals surface area contributed by atoms with E-state index in [1.54, 1.807) is 0 Å².